The molecule has 0 amide bonds. The molecule has 1 aromatic carbocycles. The number of fused-ring (bicyclic) bond motifs is 1. The minimum atomic E-state index is -0.994. The monoisotopic (exact) mass is 286 g/mol. The highest BCUT2D eigenvalue weighted by molar-refractivity contribution is 7.09. The third-order valence-electron chi connectivity index (χ3n) is 2.78. The van der Waals surface area contributed by atoms with E-state index in [4.69, 9.17) is 0 Å². The summed E-state index contributed by atoms with van der Waals surface area (Å²) < 4.78 is 4.08. The topological polar surface area (TPSA) is 88.0 Å². The van der Waals surface area contributed by atoms with Gasteiger partial charge in [0.15, 0.2) is 0 Å². The van der Waals surface area contributed by atoms with Crippen molar-refractivity contribution in [3.8, 4) is 0 Å². The van der Waals surface area contributed by atoms with Gasteiger partial charge in [0.2, 0.25) is 5.13 Å². The number of pyridine rings is 1. The van der Waals surface area contributed by atoms with E-state index in [1.54, 1.807) is 19.1 Å². The summed E-state index contributed by atoms with van der Waals surface area (Å²) in [6, 6.07) is 7.22. The van der Waals surface area contributed by atoms with E-state index in [0.717, 1.165) is 5.39 Å². The van der Waals surface area contributed by atoms with Crippen molar-refractivity contribution in [2.45, 2.75) is 6.92 Å². The van der Waals surface area contributed by atoms with Crippen molar-refractivity contribution in [1.29, 1.82) is 0 Å². The van der Waals surface area contributed by atoms with Crippen LogP contribution in [0.15, 0.2) is 30.5 Å². The summed E-state index contributed by atoms with van der Waals surface area (Å²) in [6.45, 7) is 1.81. The predicted octanol–water partition coefficient (Wildman–Crippen LogP) is 2.84. The van der Waals surface area contributed by atoms with Crippen molar-refractivity contribution < 1.29 is 9.90 Å². The molecule has 0 aliphatic rings. The molecule has 2 heterocycles. The fourth-order valence-electron chi connectivity index (χ4n) is 1.91. The lowest BCUT2D eigenvalue weighted by atomic mass is 10.1. The van der Waals surface area contributed by atoms with E-state index in [1.807, 2.05) is 12.1 Å². The molecule has 0 spiro atoms. The minimum Gasteiger partial charge on any atom is -0.478 e. The molecular weight excluding hydrogens is 276 g/mol. The average molecular weight is 286 g/mol. The second-order valence-corrected chi connectivity index (χ2v) is 4.89. The van der Waals surface area contributed by atoms with Crippen LogP contribution in [0.2, 0.25) is 0 Å². The molecule has 7 heteroatoms. The number of anilines is 2. The molecule has 6 nitrogen and oxygen atoms in total. The molecule has 0 aliphatic heterocycles. The number of hydrogen-bond donors (Lipinski definition) is 2. The third-order valence-corrected chi connectivity index (χ3v) is 3.50. The Balaban J connectivity index is 2.12. The molecule has 3 aromatic rings. The second kappa shape index (κ2) is 4.86. The van der Waals surface area contributed by atoms with Crippen LogP contribution < -0.4 is 5.32 Å². The lowest BCUT2D eigenvalue weighted by molar-refractivity contribution is 0.0698. The minimum absolute atomic E-state index is 0.180. The fraction of sp³-hybridized carbons (Fsp3) is 0.0769. The summed E-state index contributed by atoms with van der Waals surface area (Å²) >= 11 is 1.23. The zero-order valence-electron chi connectivity index (χ0n) is 10.5. The summed E-state index contributed by atoms with van der Waals surface area (Å²) in [5, 5.41) is 14.3. The van der Waals surface area contributed by atoms with Gasteiger partial charge in [0.25, 0.3) is 0 Å². The van der Waals surface area contributed by atoms with E-state index in [2.05, 4.69) is 19.7 Å². The molecule has 0 radical (unpaired) electrons. The molecular formula is C13H10N4O2S. The number of rotatable bonds is 3. The van der Waals surface area contributed by atoms with Crippen LogP contribution >= 0.6 is 11.5 Å². The summed E-state index contributed by atoms with van der Waals surface area (Å²) in [5.41, 5.74) is 0.180. The zero-order valence-corrected chi connectivity index (χ0v) is 11.3. The fourth-order valence-corrected chi connectivity index (χ4v) is 2.49. The number of carbonyl (C=O) groups is 1. The maximum Gasteiger partial charge on any atom is 0.337 e. The van der Waals surface area contributed by atoms with Crippen LogP contribution in [0.25, 0.3) is 10.8 Å². The lowest BCUT2D eigenvalue weighted by Crippen LogP contribution is -2.02. The Morgan fingerprint density at radius 1 is 1.30 bits per heavy atom. The normalized spacial score (nSPS) is 10.7. The first-order valence-corrected chi connectivity index (χ1v) is 6.61. The highest BCUT2D eigenvalue weighted by atomic mass is 32.1. The molecule has 100 valence electrons. The van der Waals surface area contributed by atoms with Gasteiger partial charge in [-0.2, -0.15) is 4.37 Å². The molecule has 0 saturated heterocycles. The molecule has 2 aromatic heterocycles. The van der Waals surface area contributed by atoms with Crippen LogP contribution in [0.3, 0.4) is 0 Å². The van der Waals surface area contributed by atoms with Crippen molar-refractivity contribution in [1.82, 2.24) is 14.3 Å². The van der Waals surface area contributed by atoms with Gasteiger partial charge in [-0.1, -0.05) is 24.3 Å². The Bertz CT molecular complexity index is 800. The first kappa shape index (κ1) is 12.5. The number of aromatic nitrogens is 3. The van der Waals surface area contributed by atoms with Crippen LogP contribution in [0.5, 0.6) is 0 Å². The molecule has 0 saturated carbocycles. The Morgan fingerprint density at radius 2 is 2.05 bits per heavy atom. The Morgan fingerprint density at radius 3 is 2.70 bits per heavy atom. The van der Waals surface area contributed by atoms with Gasteiger partial charge in [0.1, 0.15) is 11.6 Å². The number of benzene rings is 1. The van der Waals surface area contributed by atoms with Crippen molar-refractivity contribution in [3.63, 3.8) is 0 Å². The van der Waals surface area contributed by atoms with Crippen LogP contribution in [0.4, 0.5) is 10.9 Å². The first-order chi connectivity index (χ1) is 9.65. The number of carboxylic acid groups (broad SMARTS) is 1. The van der Waals surface area contributed by atoms with E-state index in [1.165, 1.54) is 17.7 Å². The van der Waals surface area contributed by atoms with Crippen LogP contribution in [0.1, 0.15) is 16.2 Å². The Hall–Kier alpha value is -2.54. The molecule has 0 atom stereocenters. The van der Waals surface area contributed by atoms with Gasteiger partial charge in [0, 0.05) is 28.5 Å². The van der Waals surface area contributed by atoms with Gasteiger partial charge in [-0.05, 0) is 6.92 Å². The van der Waals surface area contributed by atoms with E-state index in [-0.39, 0.29) is 5.56 Å². The number of hydrogen-bond acceptors (Lipinski definition) is 6. The Kier molecular flexibility index (Phi) is 3.03. The Labute approximate surface area is 118 Å². The maximum absolute atomic E-state index is 11.2. The highest BCUT2D eigenvalue weighted by Gasteiger charge is 2.13. The standard InChI is InChI=1S/C13H10N4O2S/c1-7-15-13(20-17-7)16-11-9-5-3-2-4-8(9)10(6-14-11)12(18)19/h2-6H,1H3,(H,18,19)(H,14,15,16,17). The smallest absolute Gasteiger partial charge is 0.337 e. The molecule has 2 N–H and O–H groups in total. The van der Waals surface area contributed by atoms with E-state index < -0.39 is 5.97 Å². The van der Waals surface area contributed by atoms with E-state index >= 15 is 0 Å². The van der Waals surface area contributed by atoms with Crippen molar-refractivity contribution in [3.05, 3.63) is 41.9 Å². The molecule has 0 fully saturated rings. The number of carboxylic acids is 1. The maximum atomic E-state index is 11.2. The van der Waals surface area contributed by atoms with Crippen LogP contribution in [-0.4, -0.2) is 25.4 Å². The second-order valence-electron chi connectivity index (χ2n) is 4.14. The van der Waals surface area contributed by atoms with E-state index in [9.17, 15) is 9.90 Å². The van der Waals surface area contributed by atoms with Crippen LogP contribution in [0, 0.1) is 6.92 Å². The summed E-state index contributed by atoms with van der Waals surface area (Å²) in [4.78, 5) is 19.6. The quantitative estimate of drug-likeness (QED) is 0.769. The molecule has 3 rings (SSSR count). The number of aromatic carboxylic acids is 1. The number of aryl methyl sites for hydroxylation is 1. The largest absolute Gasteiger partial charge is 0.478 e. The van der Waals surface area contributed by atoms with Gasteiger partial charge in [0.05, 0.1) is 5.56 Å². The van der Waals surface area contributed by atoms with Gasteiger partial charge in [-0.3, -0.25) is 0 Å². The van der Waals surface area contributed by atoms with Crippen molar-refractivity contribution in [2.24, 2.45) is 0 Å². The lowest BCUT2D eigenvalue weighted by Gasteiger charge is -2.08. The van der Waals surface area contributed by atoms with Gasteiger partial charge in [-0.15, -0.1) is 0 Å². The van der Waals surface area contributed by atoms with Crippen molar-refractivity contribution >= 4 is 39.2 Å². The van der Waals surface area contributed by atoms with Gasteiger partial charge in [-0.25, -0.2) is 14.8 Å². The van der Waals surface area contributed by atoms with Gasteiger partial charge >= 0.3 is 5.97 Å². The van der Waals surface area contributed by atoms with E-state index in [0.29, 0.717) is 22.2 Å². The summed E-state index contributed by atoms with van der Waals surface area (Å²) in [6.07, 6.45) is 1.35. The summed E-state index contributed by atoms with van der Waals surface area (Å²) in [7, 11) is 0. The molecule has 20 heavy (non-hydrogen) atoms. The van der Waals surface area contributed by atoms with Gasteiger partial charge < -0.3 is 10.4 Å². The number of nitrogens with one attached hydrogen (secondary N) is 1. The SMILES string of the molecule is Cc1nsc(Nc2ncc(C(=O)O)c3ccccc23)n1. The summed E-state index contributed by atoms with van der Waals surface area (Å²) in [5.74, 6) is 0.262. The average Bonchev–Trinajstić information content (AvgIpc) is 2.84. The van der Waals surface area contributed by atoms with Crippen molar-refractivity contribution in [2.75, 3.05) is 5.32 Å². The molecule has 0 aliphatic carbocycles. The highest BCUT2D eigenvalue weighted by Crippen LogP contribution is 2.27. The molecule has 0 bridgehead atoms. The predicted molar refractivity (Wildman–Crippen MR) is 76.6 cm³/mol. The van der Waals surface area contributed by atoms with Crippen LogP contribution in [-0.2, 0) is 0 Å². The first-order valence-electron chi connectivity index (χ1n) is 5.83. The molecule has 0 unspecified atom stereocenters. The third kappa shape index (κ3) is 2.19. The number of nitrogens with zero attached hydrogens (tertiary/aromatic N) is 3. The zero-order chi connectivity index (χ0) is 14.1.